The van der Waals surface area contributed by atoms with Crippen LogP contribution in [-0.4, -0.2) is 27.0 Å². The summed E-state index contributed by atoms with van der Waals surface area (Å²) in [6, 6.07) is 6.32. The maximum absolute atomic E-state index is 13.9. The van der Waals surface area contributed by atoms with Crippen molar-refractivity contribution >= 4 is 17.3 Å². The van der Waals surface area contributed by atoms with Crippen molar-refractivity contribution in [2.24, 2.45) is 5.16 Å². The van der Waals surface area contributed by atoms with Gasteiger partial charge >= 0.3 is 0 Å². The minimum Gasteiger partial charge on any atom is -0.379 e. The van der Waals surface area contributed by atoms with Gasteiger partial charge in [0.2, 0.25) is 5.60 Å². The number of amides is 1. The van der Waals surface area contributed by atoms with Crippen LogP contribution in [0.4, 0.5) is 10.1 Å². The number of hydrogen-bond donors (Lipinski definition) is 1. The van der Waals surface area contributed by atoms with Crippen LogP contribution in [0.15, 0.2) is 29.4 Å². The van der Waals surface area contributed by atoms with Gasteiger partial charge in [0.1, 0.15) is 5.82 Å². The molecule has 1 N–H and O–H groups in total. The van der Waals surface area contributed by atoms with Crippen molar-refractivity contribution in [2.45, 2.75) is 46.3 Å². The zero-order chi connectivity index (χ0) is 18.2. The summed E-state index contributed by atoms with van der Waals surface area (Å²) >= 11 is 0. The summed E-state index contributed by atoms with van der Waals surface area (Å²) in [5.74, 6) is -0.713. The van der Waals surface area contributed by atoms with Gasteiger partial charge in [0.15, 0.2) is 0 Å². The first-order valence-corrected chi connectivity index (χ1v) is 8.21. The van der Waals surface area contributed by atoms with Gasteiger partial charge in [0.25, 0.3) is 5.91 Å². The Kier molecular flexibility index (Phi) is 4.32. The van der Waals surface area contributed by atoms with E-state index in [2.05, 4.69) is 15.6 Å². The first-order chi connectivity index (χ1) is 11.9. The maximum Gasteiger partial charge on any atom is 0.271 e. The van der Waals surface area contributed by atoms with Crippen molar-refractivity contribution in [3.05, 3.63) is 47.0 Å². The molecule has 0 fully saturated rings. The number of aromatic nitrogens is 2. The average Bonchev–Trinajstić information content (AvgIpc) is 3.11. The Morgan fingerprint density at radius 2 is 2.12 bits per heavy atom. The van der Waals surface area contributed by atoms with Crippen molar-refractivity contribution < 1.29 is 14.0 Å². The van der Waals surface area contributed by atoms with Crippen LogP contribution in [0.1, 0.15) is 37.2 Å². The fourth-order valence-corrected chi connectivity index (χ4v) is 2.93. The highest BCUT2D eigenvalue weighted by Crippen LogP contribution is 2.30. The summed E-state index contributed by atoms with van der Waals surface area (Å²) in [6.45, 7) is 8.10. The van der Waals surface area contributed by atoms with Gasteiger partial charge in [-0.3, -0.25) is 9.48 Å². The van der Waals surface area contributed by atoms with Crippen LogP contribution in [0.3, 0.4) is 0 Å². The number of nitrogens with zero attached hydrogens (tertiary/aromatic N) is 3. The quantitative estimate of drug-likeness (QED) is 0.926. The third-order valence-corrected chi connectivity index (χ3v) is 4.45. The van der Waals surface area contributed by atoms with E-state index in [9.17, 15) is 9.18 Å². The molecule has 0 saturated heterocycles. The minimum atomic E-state index is -1.19. The highest BCUT2D eigenvalue weighted by Gasteiger charge is 2.43. The maximum atomic E-state index is 13.9. The fourth-order valence-electron chi connectivity index (χ4n) is 2.93. The average molecular weight is 344 g/mol. The molecule has 6 nitrogen and oxygen atoms in total. The molecule has 1 aliphatic heterocycles. The molecule has 1 amide bonds. The van der Waals surface area contributed by atoms with Crippen LogP contribution in [0.25, 0.3) is 0 Å². The molecule has 1 aliphatic rings. The number of anilines is 1. The molecular weight excluding hydrogens is 323 g/mol. The lowest BCUT2D eigenvalue weighted by molar-refractivity contribution is -0.135. The lowest BCUT2D eigenvalue weighted by Gasteiger charge is -2.20. The van der Waals surface area contributed by atoms with Gasteiger partial charge in [-0.15, -0.1) is 0 Å². The van der Waals surface area contributed by atoms with Gasteiger partial charge in [-0.05, 0) is 33.8 Å². The molecular formula is C18H21FN4O2. The number of hydrogen-bond acceptors (Lipinski definition) is 4. The molecule has 132 valence electrons. The van der Waals surface area contributed by atoms with Crippen LogP contribution in [0.2, 0.25) is 0 Å². The third-order valence-electron chi connectivity index (χ3n) is 4.45. The summed E-state index contributed by atoms with van der Waals surface area (Å²) in [4.78, 5) is 18.2. The standard InChI is InChI=1S/C18H21FN4O2/c1-5-23-12(3)16(11(2)21-23)20-17(24)18(4)10-15(22-25-18)13-8-6-7-9-14(13)19/h6-9H,5,10H2,1-4H3,(H,20,24)/t18-/m1/s1. The molecule has 2 heterocycles. The van der Waals surface area contributed by atoms with Gasteiger partial charge in [-0.25, -0.2) is 4.39 Å². The Bertz CT molecular complexity index is 859. The van der Waals surface area contributed by atoms with Crippen molar-refractivity contribution in [2.75, 3.05) is 5.32 Å². The number of carbonyl (C=O) groups excluding carboxylic acids is 1. The number of benzene rings is 1. The van der Waals surface area contributed by atoms with E-state index < -0.39 is 5.60 Å². The highest BCUT2D eigenvalue weighted by atomic mass is 19.1. The largest absolute Gasteiger partial charge is 0.379 e. The molecule has 1 aromatic carbocycles. The Hall–Kier alpha value is -2.70. The van der Waals surface area contributed by atoms with Gasteiger partial charge in [-0.2, -0.15) is 5.10 Å². The van der Waals surface area contributed by atoms with Crippen molar-refractivity contribution in [3.8, 4) is 0 Å². The molecule has 1 atom stereocenters. The van der Waals surface area contributed by atoms with E-state index in [1.165, 1.54) is 6.07 Å². The Labute approximate surface area is 145 Å². The smallest absolute Gasteiger partial charge is 0.271 e. The number of carbonyl (C=O) groups is 1. The fraction of sp³-hybridized carbons (Fsp3) is 0.389. The van der Waals surface area contributed by atoms with Crippen LogP contribution in [-0.2, 0) is 16.2 Å². The summed E-state index contributed by atoms with van der Waals surface area (Å²) < 4.78 is 15.8. The lowest BCUT2D eigenvalue weighted by atomic mass is 9.94. The summed E-state index contributed by atoms with van der Waals surface area (Å²) in [5, 5.41) is 11.2. The van der Waals surface area contributed by atoms with E-state index >= 15 is 0 Å². The highest BCUT2D eigenvalue weighted by molar-refractivity contribution is 6.08. The number of aryl methyl sites for hydroxylation is 2. The van der Waals surface area contributed by atoms with Crippen LogP contribution in [0, 0.1) is 19.7 Å². The monoisotopic (exact) mass is 344 g/mol. The van der Waals surface area contributed by atoms with E-state index in [4.69, 9.17) is 4.84 Å². The molecule has 2 aromatic rings. The lowest BCUT2D eigenvalue weighted by Crippen LogP contribution is -2.40. The van der Waals surface area contributed by atoms with Gasteiger partial charge < -0.3 is 10.2 Å². The number of oxime groups is 1. The molecule has 0 spiro atoms. The van der Waals surface area contributed by atoms with Gasteiger partial charge in [-0.1, -0.05) is 23.4 Å². The summed E-state index contributed by atoms with van der Waals surface area (Å²) in [7, 11) is 0. The molecule has 0 unspecified atom stereocenters. The van der Waals surface area contributed by atoms with E-state index in [1.807, 2.05) is 25.5 Å². The zero-order valence-electron chi connectivity index (χ0n) is 14.8. The topological polar surface area (TPSA) is 68.5 Å². The normalized spacial score (nSPS) is 19.5. The third kappa shape index (κ3) is 3.01. The Morgan fingerprint density at radius 3 is 2.76 bits per heavy atom. The van der Waals surface area contributed by atoms with E-state index in [1.54, 1.807) is 25.1 Å². The van der Waals surface area contributed by atoms with Crippen LogP contribution >= 0.6 is 0 Å². The zero-order valence-corrected chi connectivity index (χ0v) is 14.8. The molecule has 25 heavy (non-hydrogen) atoms. The molecule has 1 aromatic heterocycles. The van der Waals surface area contributed by atoms with E-state index in [-0.39, 0.29) is 18.1 Å². The summed E-state index contributed by atoms with van der Waals surface area (Å²) in [6.07, 6.45) is 0.194. The second-order valence-corrected chi connectivity index (χ2v) is 6.33. The second-order valence-electron chi connectivity index (χ2n) is 6.33. The molecule has 3 rings (SSSR count). The predicted octanol–water partition coefficient (Wildman–Crippen LogP) is 3.18. The predicted molar refractivity (Wildman–Crippen MR) is 93.0 cm³/mol. The Morgan fingerprint density at radius 1 is 1.40 bits per heavy atom. The minimum absolute atomic E-state index is 0.194. The van der Waals surface area contributed by atoms with Crippen molar-refractivity contribution in [1.29, 1.82) is 0 Å². The Balaban J connectivity index is 1.78. The van der Waals surface area contributed by atoms with E-state index in [0.717, 1.165) is 17.9 Å². The first-order valence-electron chi connectivity index (χ1n) is 8.21. The van der Waals surface area contributed by atoms with Crippen LogP contribution in [0.5, 0.6) is 0 Å². The second kappa shape index (κ2) is 6.31. The van der Waals surface area contributed by atoms with Crippen LogP contribution < -0.4 is 5.32 Å². The van der Waals surface area contributed by atoms with Gasteiger partial charge in [0, 0.05) is 18.5 Å². The molecule has 0 aliphatic carbocycles. The number of rotatable bonds is 4. The first kappa shape index (κ1) is 17.1. The van der Waals surface area contributed by atoms with E-state index in [0.29, 0.717) is 17.0 Å². The SMILES string of the molecule is CCn1nc(C)c(NC(=O)[C@@]2(C)CC(c3ccccc3F)=NO2)c1C. The van der Waals surface area contributed by atoms with Gasteiger partial charge in [0.05, 0.1) is 22.8 Å². The molecule has 0 saturated carbocycles. The number of halogens is 1. The molecule has 0 radical (unpaired) electrons. The number of nitrogens with one attached hydrogen (secondary N) is 1. The molecule has 7 heteroatoms. The molecule has 0 bridgehead atoms. The van der Waals surface area contributed by atoms with Crippen molar-refractivity contribution in [1.82, 2.24) is 9.78 Å². The van der Waals surface area contributed by atoms with Crippen molar-refractivity contribution in [3.63, 3.8) is 0 Å². The summed E-state index contributed by atoms with van der Waals surface area (Å²) in [5.41, 5.74) is 1.88.